The van der Waals surface area contributed by atoms with Crippen molar-refractivity contribution in [3.8, 4) is 66.8 Å². The van der Waals surface area contributed by atoms with Gasteiger partial charge in [0.25, 0.3) is 0 Å². The number of aromatic amines is 1. The van der Waals surface area contributed by atoms with E-state index in [1.165, 1.54) is 111 Å². The number of hydrogen-bond acceptors (Lipinski definition) is 2. The Morgan fingerprint density at radius 1 is 0.191 bits per heavy atom. The van der Waals surface area contributed by atoms with Crippen molar-refractivity contribution < 1.29 is 0 Å². The standard InChI is InChI=1S/C86H55N3/c1-3-19-59(20-4-1)88(63-45-47-71-69-27-11-17-33-79(69)85(81(71)53-63)75-29-13-7-23-65(75)66-24-8-14-30-76(66)85)61-41-35-55(36-42-61)57-39-49-83-73(51-57)74-52-58(40-50-84(74)87-83)56-37-43-62(44-38-56)89(60-21-5-2-6-22-60)64-46-48-72-70-28-12-18-34-80(70)86(82(72)54-64)77-31-15-9-25-67(77)68-26-10-16-32-78(68)86/h1-54,87H. The van der Waals surface area contributed by atoms with Crippen molar-refractivity contribution >= 4 is 55.9 Å². The van der Waals surface area contributed by atoms with Crippen molar-refractivity contribution in [2.45, 2.75) is 10.8 Å². The van der Waals surface area contributed by atoms with E-state index in [-0.39, 0.29) is 0 Å². The number of rotatable bonds is 8. The van der Waals surface area contributed by atoms with Crippen LogP contribution in [0.25, 0.3) is 88.6 Å². The molecule has 1 N–H and O–H groups in total. The van der Waals surface area contributed by atoms with E-state index in [2.05, 4.69) is 342 Å². The molecule has 0 unspecified atom stereocenters. The Bertz CT molecular complexity index is 4920. The van der Waals surface area contributed by atoms with E-state index in [0.717, 1.165) is 56.3 Å². The highest BCUT2D eigenvalue weighted by molar-refractivity contribution is 6.10. The van der Waals surface area contributed by atoms with E-state index in [1.54, 1.807) is 0 Å². The second kappa shape index (κ2) is 19.0. The third kappa shape index (κ3) is 6.98. The maximum Gasteiger partial charge on any atom is 0.0726 e. The molecule has 3 nitrogen and oxygen atoms in total. The van der Waals surface area contributed by atoms with E-state index in [9.17, 15) is 0 Å². The number of para-hydroxylation sites is 2. The maximum absolute atomic E-state index is 3.75. The van der Waals surface area contributed by atoms with E-state index < -0.39 is 10.8 Å². The molecule has 19 rings (SSSR count). The zero-order valence-corrected chi connectivity index (χ0v) is 48.6. The van der Waals surface area contributed by atoms with E-state index in [1.807, 2.05) is 0 Å². The Balaban J connectivity index is 0.664. The van der Waals surface area contributed by atoms with Gasteiger partial charge in [-0.25, -0.2) is 0 Å². The molecule has 2 spiro atoms. The van der Waals surface area contributed by atoms with Gasteiger partial charge in [0.2, 0.25) is 0 Å². The Kier molecular flexibility index (Phi) is 10.6. The van der Waals surface area contributed by atoms with Gasteiger partial charge in [0.15, 0.2) is 0 Å². The van der Waals surface area contributed by atoms with Crippen LogP contribution in [-0.2, 0) is 10.8 Å². The summed E-state index contributed by atoms with van der Waals surface area (Å²) in [5, 5.41) is 2.40. The van der Waals surface area contributed by atoms with Crippen molar-refractivity contribution in [3.05, 3.63) is 372 Å². The van der Waals surface area contributed by atoms with Crippen molar-refractivity contribution in [2.24, 2.45) is 0 Å². The lowest BCUT2D eigenvalue weighted by molar-refractivity contribution is 0.793. The largest absolute Gasteiger partial charge is 0.355 e. The van der Waals surface area contributed by atoms with E-state index in [0.29, 0.717) is 0 Å². The highest BCUT2D eigenvalue weighted by atomic mass is 15.1. The summed E-state index contributed by atoms with van der Waals surface area (Å²) in [7, 11) is 0. The molecule has 0 atom stereocenters. The molecule has 414 valence electrons. The molecule has 0 saturated heterocycles. The third-order valence-corrected chi connectivity index (χ3v) is 20.0. The Morgan fingerprint density at radius 2 is 0.449 bits per heavy atom. The molecule has 0 saturated carbocycles. The predicted molar refractivity (Wildman–Crippen MR) is 369 cm³/mol. The second-order valence-corrected chi connectivity index (χ2v) is 24.3. The second-order valence-electron chi connectivity index (χ2n) is 24.3. The van der Waals surface area contributed by atoms with E-state index >= 15 is 0 Å². The first-order valence-corrected chi connectivity index (χ1v) is 31.0. The SMILES string of the molecule is c1ccc(N(c2ccc(-c3ccc4[nH]c5ccc(-c6ccc(N(c7ccccc7)c7ccc8c(c7)C7(c9ccccc9-c9ccccc97)c7ccccc7-8)cc6)cc5c4c3)cc2)c2ccc3c(c2)C2(c4ccccc4-c4ccccc42)c2ccccc2-3)cc1. The average Bonchev–Trinajstić information content (AvgIpc) is 1.53. The van der Waals surface area contributed by atoms with Crippen LogP contribution in [0.1, 0.15) is 44.5 Å². The number of hydrogen-bond donors (Lipinski definition) is 1. The van der Waals surface area contributed by atoms with Crippen LogP contribution < -0.4 is 9.80 Å². The average molecular weight is 1130 g/mol. The summed E-state index contributed by atoms with van der Waals surface area (Å²) in [5.41, 5.74) is 33.8. The highest BCUT2D eigenvalue weighted by Gasteiger charge is 2.53. The minimum Gasteiger partial charge on any atom is -0.355 e. The first kappa shape index (κ1) is 49.7. The number of benzene rings is 14. The van der Waals surface area contributed by atoms with Crippen molar-refractivity contribution in [1.82, 2.24) is 4.98 Å². The summed E-state index contributed by atoms with van der Waals surface area (Å²) in [6.45, 7) is 0. The fourth-order valence-corrected chi connectivity index (χ4v) is 16.4. The highest BCUT2D eigenvalue weighted by Crippen LogP contribution is 2.65. The van der Waals surface area contributed by atoms with Gasteiger partial charge in [-0.15, -0.1) is 0 Å². The molecule has 0 aliphatic heterocycles. The molecule has 0 radical (unpaired) electrons. The van der Waals surface area contributed by atoms with Gasteiger partial charge < -0.3 is 14.8 Å². The molecule has 0 fully saturated rings. The number of H-pyrrole nitrogens is 1. The van der Waals surface area contributed by atoms with Crippen LogP contribution in [-0.4, -0.2) is 4.98 Å². The van der Waals surface area contributed by atoms with Crippen LogP contribution in [0.4, 0.5) is 34.1 Å². The Morgan fingerprint density at radius 3 is 0.775 bits per heavy atom. The van der Waals surface area contributed by atoms with Gasteiger partial charge in [-0.05, 0) is 208 Å². The number of anilines is 6. The quantitative estimate of drug-likeness (QED) is 0.164. The predicted octanol–water partition coefficient (Wildman–Crippen LogP) is 22.3. The molecule has 3 heteroatoms. The van der Waals surface area contributed by atoms with Gasteiger partial charge in [-0.3, -0.25) is 0 Å². The van der Waals surface area contributed by atoms with Gasteiger partial charge in [0, 0.05) is 55.9 Å². The van der Waals surface area contributed by atoms with Crippen LogP contribution in [0.2, 0.25) is 0 Å². The number of nitrogens with zero attached hydrogens (tertiary/aromatic N) is 2. The summed E-state index contributed by atoms with van der Waals surface area (Å²) < 4.78 is 0. The summed E-state index contributed by atoms with van der Waals surface area (Å²) in [6.07, 6.45) is 0. The van der Waals surface area contributed by atoms with Crippen molar-refractivity contribution in [3.63, 3.8) is 0 Å². The minimum absolute atomic E-state index is 0.431. The fourth-order valence-electron chi connectivity index (χ4n) is 16.4. The third-order valence-electron chi connectivity index (χ3n) is 20.0. The van der Waals surface area contributed by atoms with Crippen molar-refractivity contribution in [1.29, 1.82) is 0 Å². The smallest absolute Gasteiger partial charge is 0.0726 e. The van der Waals surface area contributed by atoms with Crippen LogP contribution in [0.3, 0.4) is 0 Å². The van der Waals surface area contributed by atoms with Gasteiger partial charge in [-0.2, -0.15) is 0 Å². The molecule has 15 aromatic rings. The van der Waals surface area contributed by atoms with Crippen LogP contribution in [0, 0.1) is 0 Å². The molecular formula is C86H55N3. The molecule has 0 bridgehead atoms. The van der Waals surface area contributed by atoms with Gasteiger partial charge in [0.1, 0.15) is 0 Å². The first-order valence-electron chi connectivity index (χ1n) is 31.0. The lowest BCUT2D eigenvalue weighted by atomic mass is 9.70. The molecule has 0 amide bonds. The van der Waals surface area contributed by atoms with Gasteiger partial charge in [-0.1, -0.05) is 231 Å². The Hall–Kier alpha value is -11.5. The van der Waals surface area contributed by atoms with Crippen molar-refractivity contribution in [2.75, 3.05) is 9.80 Å². The fraction of sp³-hybridized carbons (Fsp3) is 0.0233. The summed E-state index contributed by atoms with van der Waals surface area (Å²) in [4.78, 5) is 8.58. The van der Waals surface area contributed by atoms with Crippen LogP contribution >= 0.6 is 0 Å². The molecule has 4 aliphatic carbocycles. The zero-order chi connectivity index (χ0) is 58.4. The number of nitrogens with one attached hydrogen (secondary N) is 1. The monoisotopic (exact) mass is 1130 g/mol. The topological polar surface area (TPSA) is 22.3 Å². The summed E-state index contributed by atoms with van der Waals surface area (Å²) in [5.74, 6) is 0. The lowest BCUT2D eigenvalue weighted by Gasteiger charge is -2.32. The van der Waals surface area contributed by atoms with Crippen LogP contribution in [0.5, 0.6) is 0 Å². The minimum atomic E-state index is -0.431. The summed E-state index contributed by atoms with van der Waals surface area (Å²) in [6, 6.07) is 122. The molecule has 1 aromatic heterocycles. The first-order chi connectivity index (χ1) is 44.1. The zero-order valence-electron chi connectivity index (χ0n) is 48.6. The normalized spacial score (nSPS) is 13.6. The molecule has 4 aliphatic rings. The summed E-state index contributed by atoms with van der Waals surface area (Å²) >= 11 is 0. The molecule has 14 aromatic carbocycles. The lowest BCUT2D eigenvalue weighted by Crippen LogP contribution is -2.26. The number of fused-ring (bicyclic) bond motifs is 23. The van der Waals surface area contributed by atoms with Gasteiger partial charge in [0.05, 0.1) is 10.8 Å². The Labute approximate surface area is 517 Å². The molecule has 1 heterocycles. The maximum atomic E-state index is 3.75. The molecule has 89 heavy (non-hydrogen) atoms. The van der Waals surface area contributed by atoms with E-state index in [4.69, 9.17) is 0 Å². The van der Waals surface area contributed by atoms with Gasteiger partial charge >= 0.3 is 0 Å². The number of aromatic nitrogens is 1. The molecular weight excluding hydrogens is 1070 g/mol. The van der Waals surface area contributed by atoms with Crippen LogP contribution in [0.15, 0.2) is 328 Å².